The van der Waals surface area contributed by atoms with Gasteiger partial charge in [0, 0.05) is 24.7 Å². The number of rotatable bonds is 5. The van der Waals surface area contributed by atoms with Crippen molar-refractivity contribution in [2.75, 3.05) is 25.1 Å². The van der Waals surface area contributed by atoms with Crippen molar-refractivity contribution in [2.24, 2.45) is 5.73 Å². The first-order valence-electron chi connectivity index (χ1n) is 6.62. The van der Waals surface area contributed by atoms with Crippen molar-refractivity contribution in [1.82, 2.24) is 5.32 Å². The van der Waals surface area contributed by atoms with Gasteiger partial charge in [-0.1, -0.05) is 12.1 Å². The number of amides is 2. The second kappa shape index (κ2) is 8.61. The molecule has 0 saturated carbocycles. The number of morpholine rings is 1. The van der Waals surface area contributed by atoms with E-state index in [0.29, 0.717) is 25.3 Å². The first-order chi connectivity index (χ1) is 9.63. The van der Waals surface area contributed by atoms with Crippen LogP contribution in [0.5, 0.6) is 0 Å². The van der Waals surface area contributed by atoms with Gasteiger partial charge in [0.15, 0.2) is 0 Å². The van der Waals surface area contributed by atoms with E-state index in [1.807, 2.05) is 0 Å². The van der Waals surface area contributed by atoms with E-state index in [1.165, 1.54) is 0 Å². The number of carbonyl (C=O) groups is 2. The van der Waals surface area contributed by atoms with Crippen LogP contribution in [0.25, 0.3) is 0 Å². The average Bonchev–Trinajstić information content (AvgIpc) is 2.41. The van der Waals surface area contributed by atoms with Gasteiger partial charge in [-0.25, -0.2) is 0 Å². The number of hydrogen-bond donors (Lipinski definition) is 3. The molecule has 0 spiro atoms. The Morgan fingerprint density at radius 2 is 2.05 bits per heavy atom. The van der Waals surface area contributed by atoms with Crippen LogP contribution in [0, 0.1) is 0 Å². The molecular weight excluding hydrogens is 294 g/mol. The lowest BCUT2D eigenvalue weighted by molar-refractivity contribution is -0.118. The van der Waals surface area contributed by atoms with Crippen LogP contribution < -0.4 is 16.4 Å². The summed E-state index contributed by atoms with van der Waals surface area (Å²) in [5, 5.41) is 6.05. The highest BCUT2D eigenvalue weighted by Gasteiger charge is 2.16. The van der Waals surface area contributed by atoms with E-state index in [-0.39, 0.29) is 36.7 Å². The minimum Gasteiger partial charge on any atom is -0.378 e. The molecule has 1 atom stereocenters. The fourth-order valence-corrected chi connectivity index (χ4v) is 2.09. The molecule has 1 aromatic rings. The summed E-state index contributed by atoms with van der Waals surface area (Å²) in [6.07, 6.45) is 0.584. The first kappa shape index (κ1) is 17.4. The third kappa shape index (κ3) is 6.12. The van der Waals surface area contributed by atoms with Crippen LogP contribution in [-0.2, 0) is 20.7 Å². The number of nitrogens with two attached hydrogens (primary N) is 1. The predicted octanol–water partition coefficient (Wildman–Crippen LogP) is 0.453. The van der Waals surface area contributed by atoms with Gasteiger partial charge >= 0.3 is 0 Å². The lowest BCUT2D eigenvalue weighted by Gasteiger charge is -2.23. The molecule has 116 valence electrons. The molecule has 21 heavy (non-hydrogen) atoms. The molecule has 1 heterocycles. The van der Waals surface area contributed by atoms with Crippen molar-refractivity contribution >= 4 is 29.9 Å². The van der Waals surface area contributed by atoms with E-state index < -0.39 is 0 Å². The summed E-state index contributed by atoms with van der Waals surface area (Å²) in [7, 11) is 0. The molecule has 0 radical (unpaired) electrons. The largest absolute Gasteiger partial charge is 0.378 e. The van der Waals surface area contributed by atoms with Gasteiger partial charge in [-0.2, -0.15) is 0 Å². The standard InChI is InChI=1S/C14H19N3O3.ClH/c15-13(18)7-10-1-3-11(4-2-10)17-14(19)8-12-9-20-6-5-16-12;/h1-4,12,16H,5-9H2,(H2,15,18)(H,17,19);1H. The second-order valence-corrected chi connectivity index (χ2v) is 4.82. The van der Waals surface area contributed by atoms with Gasteiger partial charge in [0.1, 0.15) is 0 Å². The normalized spacial score (nSPS) is 17.6. The zero-order valence-electron chi connectivity index (χ0n) is 11.6. The van der Waals surface area contributed by atoms with Crippen molar-refractivity contribution in [3.8, 4) is 0 Å². The van der Waals surface area contributed by atoms with E-state index in [0.717, 1.165) is 12.1 Å². The first-order valence-corrected chi connectivity index (χ1v) is 6.62. The maximum absolute atomic E-state index is 11.9. The van der Waals surface area contributed by atoms with Crippen molar-refractivity contribution in [3.63, 3.8) is 0 Å². The molecule has 2 amide bonds. The van der Waals surface area contributed by atoms with Gasteiger partial charge in [0.05, 0.1) is 19.6 Å². The van der Waals surface area contributed by atoms with E-state index in [4.69, 9.17) is 10.5 Å². The SMILES string of the molecule is Cl.NC(=O)Cc1ccc(NC(=O)CC2COCCN2)cc1. The van der Waals surface area contributed by atoms with Gasteiger partial charge in [-0.15, -0.1) is 12.4 Å². The number of ether oxygens (including phenoxy) is 1. The maximum atomic E-state index is 11.9. The Morgan fingerprint density at radius 3 is 2.62 bits per heavy atom. The molecule has 0 aromatic heterocycles. The van der Waals surface area contributed by atoms with E-state index in [1.54, 1.807) is 24.3 Å². The Labute approximate surface area is 129 Å². The van der Waals surface area contributed by atoms with Crippen LogP contribution in [0.1, 0.15) is 12.0 Å². The van der Waals surface area contributed by atoms with Crippen molar-refractivity contribution in [1.29, 1.82) is 0 Å². The summed E-state index contributed by atoms with van der Waals surface area (Å²) in [5.41, 5.74) is 6.66. The highest BCUT2D eigenvalue weighted by Crippen LogP contribution is 2.11. The number of anilines is 1. The van der Waals surface area contributed by atoms with Gasteiger partial charge in [-0.3, -0.25) is 9.59 Å². The van der Waals surface area contributed by atoms with Gasteiger partial charge in [0.2, 0.25) is 11.8 Å². The number of halogens is 1. The fraction of sp³-hybridized carbons (Fsp3) is 0.429. The summed E-state index contributed by atoms with van der Waals surface area (Å²) in [4.78, 5) is 22.6. The smallest absolute Gasteiger partial charge is 0.226 e. The van der Waals surface area contributed by atoms with Gasteiger partial charge < -0.3 is 21.1 Å². The topological polar surface area (TPSA) is 93.5 Å². The van der Waals surface area contributed by atoms with Crippen LogP contribution in [0.2, 0.25) is 0 Å². The summed E-state index contributed by atoms with van der Waals surface area (Å²) in [6, 6.07) is 7.16. The maximum Gasteiger partial charge on any atom is 0.226 e. The van der Waals surface area contributed by atoms with Crippen LogP contribution in [0.4, 0.5) is 5.69 Å². The summed E-state index contributed by atoms with van der Waals surface area (Å²) in [6.45, 7) is 2.03. The van der Waals surface area contributed by atoms with Crippen LogP contribution in [-0.4, -0.2) is 37.6 Å². The molecule has 1 fully saturated rings. The highest BCUT2D eigenvalue weighted by molar-refractivity contribution is 5.91. The monoisotopic (exact) mass is 313 g/mol. The van der Waals surface area contributed by atoms with Crippen LogP contribution in [0.15, 0.2) is 24.3 Å². The molecule has 1 unspecified atom stereocenters. The molecule has 0 aliphatic carbocycles. The molecule has 1 aliphatic heterocycles. The van der Waals surface area contributed by atoms with E-state index in [2.05, 4.69) is 10.6 Å². The number of benzene rings is 1. The van der Waals surface area contributed by atoms with E-state index >= 15 is 0 Å². The predicted molar refractivity (Wildman–Crippen MR) is 82.4 cm³/mol. The molecule has 7 heteroatoms. The Balaban J connectivity index is 0.00000220. The zero-order chi connectivity index (χ0) is 14.4. The molecule has 1 saturated heterocycles. The van der Waals surface area contributed by atoms with Gasteiger partial charge in [0.25, 0.3) is 0 Å². The second-order valence-electron chi connectivity index (χ2n) is 4.82. The van der Waals surface area contributed by atoms with Crippen molar-refractivity contribution in [3.05, 3.63) is 29.8 Å². The third-order valence-corrected chi connectivity index (χ3v) is 3.05. The Morgan fingerprint density at radius 1 is 1.33 bits per heavy atom. The summed E-state index contributed by atoms with van der Waals surface area (Å²) < 4.78 is 5.30. The summed E-state index contributed by atoms with van der Waals surface area (Å²) in [5.74, 6) is -0.430. The molecule has 6 nitrogen and oxygen atoms in total. The zero-order valence-corrected chi connectivity index (χ0v) is 12.4. The molecule has 1 aliphatic rings. The Kier molecular flexibility index (Phi) is 7.14. The third-order valence-electron chi connectivity index (χ3n) is 3.05. The molecule has 1 aromatic carbocycles. The molecule has 4 N–H and O–H groups in total. The Bertz CT molecular complexity index is 473. The number of hydrogen-bond acceptors (Lipinski definition) is 4. The number of nitrogens with one attached hydrogen (secondary N) is 2. The minimum absolute atomic E-state index is 0. The molecule has 0 bridgehead atoms. The molecule has 2 rings (SSSR count). The van der Waals surface area contributed by atoms with Crippen molar-refractivity contribution in [2.45, 2.75) is 18.9 Å². The lowest BCUT2D eigenvalue weighted by Crippen LogP contribution is -2.43. The van der Waals surface area contributed by atoms with E-state index in [9.17, 15) is 9.59 Å². The number of primary amides is 1. The lowest BCUT2D eigenvalue weighted by atomic mass is 10.1. The van der Waals surface area contributed by atoms with Crippen LogP contribution >= 0.6 is 12.4 Å². The number of carbonyl (C=O) groups excluding carboxylic acids is 2. The quantitative estimate of drug-likeness (QED) is 0.736. The highest BCUT2D eigenvalue weighted by atomic mass is 35.5. The van der Waals surface area contributed by atoms with Crippen LogP contribution in [0.3, 0.4) is 0 Å². The molecular formula is C14H20ClN3O3. The fourth-order valence-electron chi connectivity index (χ4n) is 2.09. The Hall–Kier alpha value is -1.63. The summed E-state index contributed by atoms with van der Waals surface area (Å²) >= 11 is 0. The average molecular weight is 314 g/mol. The van der Waals surface area contributed by atoms with Crippen molar-refractivity contribution < 1.29 is 14.3 Å². The minimum atomic E-state index is -0.370. The van der Waals surface area contributed by atoms with Gasteiger partial charge in [-0.05, 0) is 17.7 Å².